The van der Waals surface area contributed by atoms with E-state index in [0.717, 1.165) is 0 Å². The minimum atomic E-state index is -3.94. The van der Waals surface area contributed by atoms with Crippen LogP contribution >= 0.6 is 23.2 Å². The molecule has 0 radical (unpaired) electrons. The summed E-state index contributed by atoms with van der Waals surface area (Å²) < 4.78 is 26.8. The highest BCUT2D eigenvalue weighted by Crippen LogP contribution is 2.23. The lowest BCUT2D eigenvalue weighted by molar-refractivity contribution is 0.601. The van der Waals surface area contributed by atoms with E-state index in [9.17, 15) is 8.42 Å². The van der Waals surface area contributed by atoms with Gasteiger partial charge in [0, 0.05) is 11.2 Å². The Morgan fingerprint density at radius 3 is 2.60 bits per heavy atom. The van der Waals surface area contributed by atoms with Crippen molar-refractivity contribution in [3.8, 4) is 6.07 Å². The van der Waals surface area contributed by atoms with Crippen molar-refractivity contribution in [3.63, 3.8) is 0 Å². The molecule has 8 heteroatoms. The summed E-state index contributed by atoms with van der Waals surface area (Å²) in [5.41, 5.74) is 0.246. The Bertz CT molecular complexity index is 801. The van der Waals surface area contributed by atoms with E-state index in [4.69, 9.17) is 28.5 Å². The average Bonchev–Trinajstić information content (AvgIpc) is 2.38. The summed E-state index contributed by atoms with van der Waals surface area (Å²) in [7, 11) is -3.94. The van der Waals surface area contributed by atoms with E-state index in [-0.39, 0.29) is 26.3 Å². The number of anilines is 1. The molecule has 0 spiro atoms. The van der Waals surface area contributed by atoms with Gasteiger partial charge < -0.3 is 0 Å². The Kier molecular flexibility index (Phi) is 4.14. The van der Waals surface area contributed by atoms with Crippen LogP contribution in [0.2, 0.25) is 10.2 Å². The number of halogens is 2. The predicted molar refractivity (Wildman–Crippen MR) is 76.2 cm³/mol. The van der Waals surface area contributed by atoms with Crippen LogP contribution in [0.15, 0.2) is 41.4 Å². The van der Waals surface area contributed by atoms with E-state index in [2.05, 4.69) is 9.71 Å². The third kappa shape index (κ3) is 3.20. The Balaban J connectivity index is 2.46. The van der Waals surface area contributed by atoms with Gasteiger partial charge in [0.15, 0.2) is 0 Å². The molecule has 20 heavy (non-hydrogen) atoms. The summed E-state index contributed by atoms with van der Waals surface area (Å²) in [6.07, 6.45) is 1.36. The number of nitrogens with one attached hydrogen (secondary N) is 1. The maximum Gasteiger partial charge on any atom is 0.263 e. The van der Waals surface area contributed by atoms with Crippen LogP contribution in [-0.2, 0) is 10.0 Å². The van der Waals surface area contributed by atoms with Crippen LogP contribution in [0.1, 0.15) is 5.56 Å². The molecule has 0 saturated carbocycles. The highest BCUT2D eigenvalue weighted by atomic mass is 35.5. The monoisotopic (exact) mass is 327 g/mol. The van der Waals surface area contributed by atoms with Gasteiger partial charge in [-0.25, -0.2) is 13.4 Å². The first-order valence-corrected chi connectivity index (χ1v) is 7.50. The molecule has 0 aliphatic heterocycles. The van der Waals surface area contributed by atoms with Crippen molar-refractivity contribution in [1.29, 1.82) is 5.26 Å². The van der Waals surface area contributed by atoms with Crippen molar-refractivity contribution >= 4 is 38.9 Å². The summed E-state index contributed by atoms with van der Waals surface area (Å²) in [6, 6.07) is 8.62. The van der Waals surface area contributed by atoms with Crippen molar-refractivity contribution in [3.05, 3.63) is 52.3 Å². The Hall–Kier alpha value is -1.81. The van der Waals surface area contributed by atoms with Crippen molar-refractivity contribution in [1.82, 2.24) is 4.98 Å². The Labute approximate surface area is 125 Å². The fourth-order valence-electron chi connectivity index (χ4n) is 1.49. The van der Waals surface area contributed by atoms with E-state index >= 15 is 0 Å². The summed E-state index contributed by atoms with van der Waals surface area (Å²) >= 11 is 11.5. The summed E-state index contributed by atoms with van der Waals surface area (Å²) in [5, 5.41) is 9.34. The molecule has 1 N–H and O–H groups in total. The standard InChI is InChI=1S/C12H7Cl2N3O2S/c13-9-2-1-8(7-15)11(5-9)20(18,19)17-10-3-4-16-12(14)6-10/h1-6H,(H,16,17). The fourth-order valence-corrected chi connectivity index (χ4v) is 3.13. The van der Waals surface area contributed by atoms with Crippen LogP contribution in [0, 0.1) is 11.3 Å². The number of pyridine rings is 1. The predicted octanol–water partition coefficient (Wildman–Crippen LogP) is 3.06. The van der Waals surface area contributed by atoms with Gasteiger partial charge in [0.25, 0.3) is 10.0 Å². The molecule has 5 nitrogen and oxygen atoms in total. The lowest BCUT2D eigenvalue weighted by Gasteiger charge is -2.09. The van der Waals surface area contributed by atoms with Gasteiger partial charge in [-0.2, -0.15) is 5.26 Å². The van der Waals surface area contributed by atoms with Crippen LogP contribution in [-0.4, -0.2) is 13.4 Å². The summed E-state index contributed by atoms with van der Waals surface area (Å²) in [4.78, 5) is 3.55. The van der Waals surface area contributed by atoms with E-state index in [1.807, 2.05) is 6.07 Å². The molecule has 0 unspecified atom stereocenters. The van der Waals surface area contributed by atoms with Gasteiger partial charge in [0.2, 0.25) is 0 Å². The molecule has 102 valence electrons. The first-order chi connectivity index (χ1) is 9.42. The molecule has 1 aromatic carbocycles. The smallest absolute Gasteiger partial charge is 0.263 e. The number of hydrogen-bond donors (Lipinski definition) is 1. The summed E-state index contributed by atoms with van der Waals surface area (Å²) in [5.74, 6) is 0. The lowest BCUT2D eigenvalue weighted by Crippen LogP contribution is -2.14. The normalized spacial score (nSPS) is 10.8. The number of hydrogen-bond acceptors (Lipinski definition) is 4. The zero-order valence-corrected chi connectivity index (χ0v) is 12.2. The SMILES string of the molecule is N#Cc1ccc(Cl)cc1S(=O)(=O)Nc1ccnc(Cl)c1. The zero-order chi connectivity index (χ0) is 14.8. The van der Waals surface area contributed by atoms with E-state index in [0.29, 0.717) is 0 Å². The minimum Gasteiger partial charge on any atom is -0.279 e. The molecule has 0 saturated heterocycles. The highest BCUT2D eigenvalue weighted by molar-refractivity contribution is 7.92. The molecule has 1 aromatic heterocycles. The minimum absolute atomic E-state index is 0.00190. The molecule has 1 heterocycles. The van der Waals surface area contributed by atoms with Crippen LogP contribution in [0.5, 0.6) is 0 Å². The van der Waals surface area contributed by atoms with E-state index in [1.54, 1.807) is 0 Å². The number of sulfonamides is 1. The van der Waals surface area contributed by atoms with Gasteiger partial charge in [-0.15, -0.1) is 0 Å². The number of nitrogens with zero attached hydrogens (tertiary/aromatic N) is 2. The second-order valence-corrected chi connectivity index (χ2v) is 6.20. The Morgan fingerprint density at radius 2 is 1.95 bits per heavy atom. The van der Waals surface area contributed by atoms with E-state index < -0.39 is 10.0 Å². The second-order valence-electron chi connectivity index (χ2n) is 3.73. The lowest BCUT2D eigenvalue weighted by atomic mass is 10.2. The van der Waals surface area contributed by atoms with Gasteiger partial charge in [-0.1, -0.05) is 23.2 Å². The second kappa shape index (κ2) is 5.67. The molecule has 0 fully saturated rings. The first-order valence-electron chi connectivity index (χ1n) is 5.26. The molecule has 0 aliphatic rings. The largest absolute Gasteiger partial charge is 0.279 e. The maximum absolute atomic E-state index is 12.3. The summed E-state index contributed by atoms with van der Waals surface area (Å²) in [6.45, 7) is 0. The molecule has 0 amide bonds. The molecule has 0 atom stereocenters. The van der Waals surface area contributed by atoms with Crippen molar-refractivity contribution in [2.45, 2.75) is 4.90 Å². The molecular formula is C12H7Cl2N3O2S. The van der Waals surface area contributed by atoms with Gasteiger partial charge in [-0.3, -0.25) is 4.72 Å². The van der Waals surface area contributed by atoms with Gasteiger partial charge in [0.1, 0.15) is 16.1 Å². The molecule has 0 bridgehead atoms. The van der Waals surface area contributed by atoms with Crippen molar-refractivity contribution < 1.29 is 8.42 Å². The molecule has 0 aliphatic carbocycles. The highest BCUT2D eigenvalue weighted by Gasteiger charge is 2.19. The number of rotatable bonds is 3. The average molecular weight is 328 g/mol. The molecule has 2 aromatic rings. The third-order valence-electron chi connectivity index (χ3n) is 2.33. The van der Waals surface area contributed by atoms with Crippen LogP contribution in [0.25, 0.3) is 0 Å². The van der Waals surface area contributed by atoms with Crippen LogP contribution < -0.4 is 4.72 Å². The van der Waals surface area contributed by atoms with Crippen molar-refractivity contribution in [2.75, 3.05) is 4.72 Å². The topological polar surface area (TPSA) is 82.8 Å². The number of nitriles is 1. The fraction of sp³-hybridized carbons (Fsp3) is 0. The van der Waals surface area contributed by atoms with Gasteiger partial charge >= 0.3 is 0 Å². The third-order valence-corrected chi connectivity index (χ3v) is 4.20. The zero-order valence-electron chi connectivity index (χ0n) is 9.84. The molecular weight excluding hydrogens is 321 g/mol. The van der Waals surface area contributed by atoms with Gasteiger partial charge in [0.05, 0.1) is 11.3 Å². The number of benzene rings is 1. The molecule has 2 rings (SSSR count). The van der Waals surface area contributed by atoms with Crippen molar-refractivity contribution in [2.24, 2.45) is 0 Å². The Morgan fingerprint density at radius 1 is 1.20 bits per heavy atom. The van der Waals surface area contributed by atoms with Gasteiger partial charge in [-0.05, 0) is 30.3 Å². The quantitative estimate of drug-likeness (QED) is 0.878. The van der Waals surface area contributed by atoms with Crippen LogP contribution in [0.3, 0.4) is 0 Å². The maximum atomic E-state index is 12.3. The van der Waals surface area contributed by atoms with E-state index in [1.165, 1.54) is 36.5 Å². The van der Waals surface area contributed by atoms with Crippen LogP contribution in [0.4, 0.5) is 5.69 Å². The first kappa shape index (κ1) is 14.6. The number of aromatic nitrogens is 1.